The van der Waals surface area contributed by atoms with Crippen LogP contribution in [-0.2, 0) is 16.0 Å². The molecule has 124 valence electrons. The van der Waals surface area contributed by atoms with Gasteiger partial charge in [-0.25, -0.2) is 4.79 Å². The van der Waals surface area contributed by atoms with E-state index in [9.17, 15) is 14.4 Å². The minimum absolute atomic E-state index is 0.0221. The zero-order valence-electron chi connectivity index (χ0n) is 13.2. The van der Waals surface area contributed by atoms with Gasteiger partial charge >= 0.3 is 6.03 Å². The molecule has 2 heterocycles. The number of benzene rings is 1. The number of hydrogen-bond donors (Lipinski definition) is 1. The molecule has 2 fully saturated rings. The van der Waals surface area contributed by atoms with E-state index in [0.717, 1.165) is 5.56 Å². The SMILES string of the molecule is N#Cc1ccc(CCC(=O)N2CCC(N3C(=O)CNC3=O)C2)cc1. The van der Waals surface area contributed by atoms with Crippen molar-refractivity contribution in [3.05, 3.63) is 35.4 Å². The molecule has 7 nitrogen and oxygen atoms in total. The van der Waals surface area contributed by atoms with Crippen molar-refractivity contribution in [2.24, 2.45) is 0 Å². The normalized spacial score (nSPS) is 20.2. The molecule has 1 unspecified atom stereocenters. The van der Waals surface area contributed by atoms with Crippen molar-refractivity contribution in [1.82, 2.24) is 15.1 Å². The fourth-order valence-corrected chi connectivity index (χ4v) is 3.14. The molecule has 0 saturated carbocycles. The van der Waals surface area contributed by atoms with Gasteiger partial charge in [-0.2, -0.15) is 5.26 Å². The van der Waals surface area contributed by atoms with Crippen LogP contribution in [0.4, 0.5) is 4.79 Å². The molecule has 4 amide bonds. The Morgan fingerprint density at radius 1 is 1.29 bits per heavy atom. The maximum Gasteiger partial charge on any atom is 0.324 e. The molecule has 0 aliphatic carbocycles. The summed E-state index contributed by atoms with van der Waals surface area (Å²) in [7, 11) is 0. The molecule has 0 spiro atoms. The van der Waals surface area contributed by atoms with Gasteiger partial charge in [0.15, 0.2) is 0 Å². The number of aryl methyl sites for hydroxylation is 1. The molecule has 3 rings (SSSR count). The number of carbonyl (C=O) groups is 3. The van der Waals surface area contributed by atoms with Gasteiger partial charge in [-0.05, 0) is 30.5 Å². The second-order valence-electron chi connectivity index (χ2n) is 6.01. The number of urea groups is 1. The number of nitrogens with zero attached hydrogens (tertiary/aromatic N) is 3. The minimum atomic E-state index is -0.364. The van der Waals surface area contributed by atoms with Crippen LogP contribution in [0, 0.1) is 11.3 Å². The van der Waals surface area contributed by atoms with Crippen molar-refractivity contribution >= 4 is 17.8 Å². The monoisotopic (exact) mass is 326 g/mol. The third-order valence-corrected chi connectivity index (χ3v) is 4.47. The second kappa shape index (κ2) is 6.71. The highest BCUT2D eigenvalue weighted by molar-refractivity contribution is 6.02. The molecule has 24 heavy (non-hydrogen) atoms. The standard InChI is InChI=1S/C17H18N4O3/c18-9-13-3-1-12(2-4-13)5-6-15(22)20-8-7-14(11-20)21-16(23)10-19-17(21)24/h1-4,14H,5-8,10-11H2,(H,19,24). The lowest BCUT2D eigenvalue weighted by molar-refractivity contribution is -0.131. The molecule has 0 bridgehead atoms. The average Bonchev–Trinajstić information content (AvgIpc) is 3.20. The van der Waals surface area contributed by atoms with Gasteiger partial charge in [0.2, 0.25) is 11.8 Å². The van der Waals surface area contributed by atoms with E-state index in [1.54, 1.807) is 17.0 Å². The summed E-state index contributed by atoms with van der Waals surface area (Å²) < 4.78 is 0. The lowest BCUT2D eigenvalue weighted by atomic mass is 10.1. The summed E-state index contributed by atoms with van der Waals surface area (Å²) in [6, 6.07) is 8.66. The smallest absolute Gasteiger partial charge is 0.324 e. The summed E-state index contributed by atoms with van der Waals surface area (Å²) in [4.78, 5) is 38.7. The maximum absolute atomic E-state index is 12.3. The number of carbonyl (C=O) groups excluding carboxylic acids is 3. The molecule has 2 aliphatic heterocycles. The maximum atomic E-state index is 12.3. The van der Waals surface area contributed by atoms with Gasteiger partial charge < -0.3 is 10.2 Å². The molecule has 7 heteroatoms. The lowest BCUT2D eigenvalue weighted by Gasteiger charge is -2.21. The van der Waals surface area contributed by atoms with Crippen molar-refractivity contribution < 1.29 is 14.4 Å². The highest BCUT2D eigenvalue weighted by Gasteiger charge is 2.39. The zero-order valence-corrected chi connectivity index (χ0v) is 13.2. The van der Waals surface area contributed by atoms with Crippen molar-refractivity contribution in [3.8, 4) is 6.07 Å². The first-order chi connectivity index (χ1) is 11.6. The third kappa shape index (κ3) is 3.23. The molecular formula is C17H18N4O3. The van der Waals surface area contributed by atoms with Crippen LogP contribution in [0.3, 0.4) is 0 Å². The Bertz CT molecular complexity index is 692. The Kier molecular flexibility index (Phi) is 4.47. The number of hydrogen-bond acceptors (Lipinski definition) is 4. The van der Waals surface area contributed by atoms with Crippen LogP contribution < -0.4 is 5.32 Å². The molecule has 2 aliphatic rings. The van der Waals surface area contributed by atoms with E-state index in [1.807, 2.05) is 12.1 Å². The summed E-state index contributed by atoms with van der Waals surface area (Å²) in [6.07, 6.45) is 1.61. The first-order valence-electron chi connectivity index (χ1n) is 7.95. The molecule has 1 aromatic carbocycles. The van der Waals surface area contributed by atoms with E-state index in [0.29, 0.717) is 37.9 Å². The van der Waals surface area contributed by atoms with Crippen LogP contribution in [-0.4, -0.2) is 53.3 Å². The fourth-order valence-electron chi connectivity index (χ4n) is 3.14. The number of nitriles is 1. The molecule has 0 aromatic heterocycles. The van der Waals surface area contributed by atoms with E-state index in [4.69, 9.17) is 5.26 Å². The van der Waals surface area contributed by atoms with Gasteiger partial charge in [0.05, 0.1) is 24.2 Å². The minimum Gasteiger partial charge on any atom is -0.341 e. The van der Waals surface area contributed by atoms with E-state index in [-0.39, 0.29) is 30.4 Å². The number of imide groups is 1. The number of likely N-dealkylation sites (tertiary alicyclic amines) is 1. The van der Waals surface area contributed by atoms with Crippen molar-refractivity contribution in [2.75, 3.05) is 19.6 Å². The van der Waals surface area contributed by atoms with Crippen LogP contribution in [0.25, 0.3) is 0 Å². The number of nitrogens with one attached hydrogen (secondary N) is 1. The Morgan fingerprint density at radius 3 is 2.67 bits per heavy atom. The van der Waals surface area contributed by atoms with Crippen LogP contribution in [0.5, 0.6) is 0 Å². The molecule has 2 saturated heterocycles. The van der Waals surface area contributed by atoms with Gasteiger partial charge in [0, 0.05) is 19.5 Å². The first kappa shape index (κ1) is 16.0. The summed E-state index contributed by atoms with van der Waals surface area (Å²) in [5, 5.41) is 11.3. The third-order valence-electron chi connectivity index (χ3n) is 4.47. The quantitative estimate of drug-likeness (QED) is 0.822. The van der Waals surface area contributed by atoms with Gasteiger partial charge in [0.1, 0.15) is 0 Å². The van der Waals surface area contributed by atoms with E-state index < -0.39 is 0 Å². The van der Waals surface area contributed by atoms with Gasteiger partial charge in [-0.1, -0.05) is 12.1 Å². The first-order valence-corrected chi connectivity index (χ1v) is 7.95. The highest BCUT2D eigenvalue weighted by atomic mass is 16.2. The van der Waals surface area contributed by atoms with Crippen LogP contribution >= 0.6 is 0 Å². The van der Waals surface area contributed by atoms with Crippen molar-refractivity contribution in [3.63, 3.8) is 0 Å². The predicted molar refractivity (Wildman–Crippen MR) is 84.7 cm³/mol. The van der Waals surface area contributed by atoms with Crippen LogP contribution in [0.15, 0.2) is 24.3 Å². The average molecular weight is 326 g/mol. The topological polar surface area (TPSA) is 93.5 Å². The highest BCUT2D eigenvalue weighted by Crippen LogP contribution is 2.19. The van der Waals surface area contributed by atoms with Crippen molar-refractivity contribution in [2.45, 2.75) is 25.3 Å². The summed E-state index contributed by atoms with van der Waals surface area (Å²) in [5.41, 5.74) is 1.60. The Hall–Kier alpha value is -2.88. The van der Waals surface area contributed by atoms with Crippen LogP contribution in [0.1, 0.15) is 24.0 Å². The second-order valence-corrected chi connectivity index (χ2v) is 6.01. The molecule has 1 atom stereocenters. The Balaban J connectivity index is 1.52. The zero-order chi connectivity index (χ0) is 17.1. The van der Waals surface area contributed by atoms with Gasteiger partial charge in [-0.3, -0.25) is 14.5 Å². The molecule has 0 radical (unpaired) electrons. The predicted octanol–water partition coefficient (Wildman–Crippen LogP) is 0.644. The van der Waals surface area contributed by atoms with Gasteiger partial charge in [-0.15, -0.1) is 0 Å². The van der Waals surface area contributed by atoms with Crippen LogP contribution in [0.2, 0.25) is 0 Å². The summed E-state index contributed by atoms with van der Waals surface area (Å²) >= 11 is 0. The number of rotatable bonds is 4. The van der Waals surface area contributed by atoms with E-state index >= 15 is 0 Å². The van der Waals surface area contributed by atoms with E-state index in [1.165, 1.54) is 4.90 Å². The summed E-state index contributed by atoms with van der Waals surface area (Å²) in [5.74, 6) is -0.203. The lowest BCUT2D eigenvalue weighted by Crippen LogP contribution is -2.42. The molecule has 1 aromatic rings. The summed E-state index contributed by atoms with van der Waals surface area (Å²) in [6.45, 7) is 1.02. The molecule has 1 N–H and O–H groups in total. The Labute approximate surface area is 139 Å². The Morgan fingerprint density at radius 2 is 2.04 bits per heavy atom. The largest absolute Gasteiger partial charge is 0.341 e. The van der Waals surface area contributed by atoms with E-state index in [2.05, 4.69) is 11.4 Å². The van der Waals surface area contributed by atoms with Crippen molar-refractivity contribution in [1.29, 1.82) is 5.26 Å². The molecular weight excluding hydrogens is 308 g/mol. The van der Waals surface area contributed by atoms with Gasteiger partial charge in [0.25, 0.3) is 0 Å². The fraction of sp³-hybridized carbons (Fsp3) is 0.412. The number of amides is 4.